The van der Waals surface area contributed by atoms with E-state index in [1.54, 1.807) is 0 Å². The molecule has 0 aliphatic heterocycles. The van der Waals surface area contributed by atoms with Crippen molar-refractivity contribution in [1.29, 1.82) is 0 Å². The lowest BCUT2D eigenvalue weighted by Crippen LogP contribution is -2.52. The van der Waals surface area contributed by atoms with Crippen LogP contribution in [-0.2, 0) is 5.41 Å². The van der Waals surface area contributed by atoms with Gasteiger partial charge in [-0.3, -0.25) is 0 Å². The van der Waals surface area contributed by atoms with Gasteiger partial charge in [0.25, 0.3) is 0 Å². The average molecular weight is 326 g/mol. The van der Waals surface area contributed by atoms with Crippen LogP contribution >= 0.6 is 23.2 Å². The summed E-state index contributed by atoms with van der Waals surface area (Å²) in [6.07, 6.45) is 4.99. The first kappa shape index (κ1) is 15.6. The molecule has 0 aromatic heterocycles. The molecule has 1 nitrogen and oxygen atoms in total. The van der Waals surface area contributed by atoms with Crippen molar-refractivity contribution in [1.82, 2.24) is 5.32 Å². The lowest BCUT2D eigenvalue weighted by Gasteiger charge is -2.54. The molecule has 2 fully saturated rings. The van der Waals surface area contributed by atoms with Crippen LogP contribution in [0.25, 0.3) is 0 Å². The van der Waals surface area contributed by atoms with E-state index in [0.29, 0.717) is 5.41 Å². The molecule has 2 saturated carbocycles. The zero-order valence-electron chi connectivity index (χ0n) is 13.2. The number of rotatable bonds is 4. The number of hydrogen-bond acceptors (Lipinski definition) is 1. The third-order valence-corrected chi connectivity index (χ3v) is 5.93. The Morgan fingerprint density at radius 1 is 1.14 bits per heavy atom. The van der Waals surface area contributed by atoms with Gasteiger partial charge in [-0.1, -0.05) is 50.0 Å². The molecule has 0 atom stereocenters. The van der Waals surface area contributed by atoms with Gasteiger partial charge >= 0.3 is 0 Å². The molecule has 0 spiro atoms. The fourth-order valence-electron chi connectivity index (χ4n) is 3.56. The summed E-state index contributed by atoms with van der Waals surface area (Å²) in [6, 6.07) is 6.62. The highest BCUT2D eigenvalue weighted by Crippen LogP contribution is 2.56. The first-order chi connectivity index (χ1) is 9.82. The average Bonchev–Trinajstić information content (AvgIpc) is 3.12. The highest BCUT2D eigenvalue weighted by molar-refractivity contribution is 6.36. The summed E-state index contributed by atoms with van der Waals surface area (Å²) in [5, 5.41) is 5.36. The number of benzene rings is 1. The molecule has 1 aromatic rings. The van der Waals surface area contributed by atoms with Crippen LogP contribution in [0.5, 0.6) is 0 Å². The Balaban J connectivity index is 1.86. The topological polar surface area (TPSA) is 12.0 Å². The molecule has 0 bridgehead atoms. The molecule has 3 heteroatoms. The van der Waals surface area contributed by atoms with Gasteiger partial charge < -0.3 is 5.32 Å². The summed E-state index contributed by atoms with van der Waals surface area (Å²) < 4.78 is 0. The smallest absolute Gasteiger partial charge is 0.0459 e. The third kappa shape index (κ3) is 3.11. The zero-order valence-corrected chi connectivity index (χ0v) is 14.7. The van der Waals surface area contributed by atoms with Crippen molar-refractivity contribution in [2.24, 2.45) is 11.3 Å². The van der Waals surface area contributed by atoms with Crippen LogP contribution in [-0.4, -0.2) is 12.6 Å². The Labute approximate surface area is 138 Å². The molecule has 0 amide bonds. The first-order valence-electron chi connectivity index (χ1n) is 8.00. The van der Waals surface area contributed by atoms with E-state index >= 15 is 0 Å². The number of halogens is 2. The van der Waals surface area contributed by atoms with Gasteiger partial charge in [-0.05, 0) is 54.7 Å². The lowest BCUT2D eigenvalue weighted by molar-refractivity contribution is 0.0447. The molecule has 116 valence electrons. The van der Waals surface area contributed by atoms with Crippen molar-refractivity contribution in [2.45, 2.75) is 57.9 Å². The summed E-state index contributed by atoms with van der Waals surface area (Å²) in [7, 11) is 0. The van der Waals surface area contributed by atoms with Gasteiger partial charge in [-0.15, -0.1) is 0 Å². The second-order valence-electron chi connectivity index (χ2n) is 8.00. The Hall–Kier alpha value is -0.240. The molecule has 0 unspecified atom stereocenters. The fourth-order valence-corrected chi connectivity index (χ4v) is 4.36. The lowest BCUT2D eigenvalue weighted by atomic mass is 9.52. The summed E-state index contributed by atoms with van der Waals surface area (Å²) >= 11 is 13.0. The van der Waals surface area contributed by atoms with E-state index in [4.69, 9.17) is 23.2 Å². The fraction of sp³-hybridized carbons (Fsp3) is 0.667. The van der Waals surface area contributed by atoms with E-state index in [1.165, 1.54) is 31.2 Å². The SMILES string of the molecule is CC(C)(C)C1CC(CNC2CC2)(c2c(Cl)cccc2Cl)C1. The second-order valence-corrected chi connectivity index (χ2v) is 8.82. The minimum Gasteiger partial charge on any atom is -0.313 e. The van der Waals surface area contributed by atoms with E-state index in [2.05, 4.69) is 26.1 Å². The Kier molecular flexibility index (Phi) is 4.05. The quantitative estimate of drug-likeness (QED) is 0.777. The molecule has 21 heavy (non-hydrogen) atoms. The van der Waals surface area contributed by atoms with Crippen LogP contribution in [0.3, 0.4) is 0 Å². The van der Waals surface area contributed by atoms with E-state index < -0.39 is 0 Å². The van der Waals surface area contributed by atoms with Crippen molar-refractivity contribution in [3.63, 3.8) is 0 Å². The van der Waals surface area contributed by atoms with Gasteiger partial charge in [0.05, 0.1) is 0 Å². The largest absolute Gasteiger partial charge is 0.313 e. The van der Waals surface area contributed by atoms with E-state index in [0.717, 1.165) is 28.5 Å². The Morgan fingerprint density at radius 2 is 1.71 bits per heavy atom. The molecule has 2 aliphatic carbocycles. The minimum absolute atomic E-state index is 0.121. The van der Waals surface area contributed by atoms with Crippen LogP contribution in [0, 0.1) is 11.3 Å². The maximum atomic E-state index is 6.51. The van der Waals surface area contributed by atoms with E-state index in [9.17, 15) is 0 Å². The minimum atomic E-state index is 0.121. The number of nitrogens with one attached hydrogen (secondary N) is 1. The van der Waals surface area contributed by atoms with Crippen molar-refractivity contribution in [2.75, 3.05) is 6.54 Å². The summed E-state index contributed by atoms with van der Waals surface area (Å²) in [5.41, 5.74) is 1.65. The molecule has 0 heterocycles. The van der Waals surface area contributed by atoms with E-state index in [-0.39, 0.29) is 5.41 Å². The van der Waals surface area contributed by atoms with Crippen molar-refractivity contribution in [3.8, 4) is 0 Å². The summed E-state index contributed by atoms with van der Waals surface area (Å²) in [4.78, 5) is 0. The predicted molar refractivity (Wildman–Crippen MR) is 91.3 cm³/mol. The van der Waals surface area contributed by atoms with Gasteiger partial charge in [-0.25, -0.2) is 0 Å². The molecule has 1 N–H and O–H groups in total. The van der Waals surface area contributed by atoms with E-state index in [1.807, 2.05) is 18.2 Å². The van der Waals surface area contributed by atoms with Crippen molar-refractivity contribution < 1.29 is 0 Å². The first-order valence-corrected chi connectivity index (χ1v) is 8.75. The zero-order chi connectivity index (χ0) is 15.3. The summed E-state index contributed by atoms with van der Waals surface area (Å²) in [6.45, 7) is 8.02. The third-order valence-electron chi connectivity index (χ3n) is 5.30. The number of hydrogen-bond donors (Lipinski definition) is 1. The van der Waals surface area contributed by atoms with Crippen LogP contribution in [0.4, 0.5) is 0 Å². The molecular formula is C18H25Cl2N. The molecule has 2 aliphatic rings. The molecule has 3 rings (SSSR count). The molecule has 0 radical (unpaired) electrons. The van der Waals surface area contributed by atoms with Gasteiger partial charge in [0.15, 0.2) is 0 Å². The summed E-state index contributed by atoms with van der Waals surface area (Å²) in [5.74, 6) is 0.742. The highest BCUT2D eigenvalue weighted by atomic mass is 35.5. The normalized spacial score (nSPS) is 29.3. The van der Waals surface area contributed by atoms with Gasteiger partial charge in [0.1, 0.15) is 0 Å². The predicted octanol–water partition coefficient (Wildman–Crippen LogP) is 5.44. The van der Waals surface area contributed by atoms with Crippen LogP contribution < -0.4 is 5.32 Å². The van der Waals surface area contributed by atoms with Crippen LogP contribution in [0.2, 0.25) is 10.0 Å². The van der Waals surface area contributed by atoms with Gasteiger partial charge in [0, 0.05) is 28.0 Å². The van der Waals surface area contributed by atoms with Crippen LogP contribution in [0.1, 0.15) is 52.0 Å². The monoisotopic (exact) mass is 325 g/mol. The maximum Gasteiger partial charge on any atom is 0.0459 e. The van der Waals surface area contributed by atoms with Crippen LogP contribution in [0.15, 0.2) is 18.2 Å². The molecular weight excluding hydrogens is 301 g/mol. The molecule has 1 aromatic carbocycles. The second kappa shape index (κ2) is 5.44. The van der Waals surface area contributed by atoms with Gasteiger partial charge in [-0.2, -0.15) is 0 Å². The maximum absolute atomic E-state index is 6.51. The Bertz CT molecular complexity index is 502. The van der Waals surface area contributed by atoms with Crippen molar-refractivity contribution in [3.05, 3.63) is 33.8 Å². The standard InChI is InChI=1S/C18H25Cl2N/c1-17(2,3)12-9-18(10-12,11-21-13-7-8-13)16-14(19)5-4-6-15(16)20/h4-6,12-13,21H,7-11H2,1-3H3. The van der Waals surface area contributed by atoms with Gasteiger partial charge in [0.2, 0.25) is 0 Å². The Morgan fingerprint density at radius 3 is 2.19 bits per heavy atom. The highest BCUT2D eigenvalue weighted by Gasteiger charge is 2.51. The van der Waals surface area contributed by atoms with Crippen molar-refractivity contribution >= 4 is 23.2 Å². The molecule has 0 saturated heterocycles.